The van der Waals surface area contributed by atoms with E-state index < -0.39 is 0 Å². The van der Waals surface area contributed by atoms with Crippen molar-refractivity contribution in [2.24, 2.45) is 0 Å². The van der Waals surface area contributed by atoms with Crippen molar-refractivity contribution < 1.29 is 9.53 Å². The monoisotopic (exact) mass is 241 g/mol. The van der Waals surface area contributed by atoms with Crippen LogP contribution in [-0.4, -0.2) is 42.6 Å². The van der Waals surface area contributed by atoms with Crippen molar-refractivity contribution in [3.8, 4) is 0 Å². The number of rotatable bonds is 6. The van der Waals surface area contributed by atoms with E-state index in [0.717, 1.165) is 0 Å². The van der Waals surface area contributed by atoms with Crippen LogP contribution in [0, 0.1) is 0 Å². The first-order chi connectivity index (χ1) is 7.69. The van der Waals surface area contributed by atoms with Crippen LogP contribution in [0.1, 0.15) is 10.5 Å². The molecule has 0 saturated heterocycles. The molecule has 1 heterocycles. The Morgan fingerprint density at radius 1 is 1.81 bits per heavy atom. The molecule has 0 aromatic carbocycles. The van der Waals surface area contributed by atoms with Gasteiger partial charge in [-0.15, -0.1) is 17.9 Å². The fourth-order valence-corrected chi connectivity index (χ4v) is 1.72. The Kier molecular flexibility index (Phi) is 4.94. The minimum atomic E-state index is -0.148. The van der Waals surface area contributed by atoms with Crippen molar-refractivity contribution in [1.82, 2.24) is 9.88 Å². The van der Waals surface area contributed by atoms with Gasteiger partial charge in [-0.3, -0.25) is 4.79 Å². The summed E-state index contributed by atoms with van der Waals surface area (Å²) < 4.78 is 4.94. The maximum atomic E-state index is 12.0. The molecule has 0 unspecified atom stereocenters. The van der Waals surface area contributed by atoms with Crippen LogP contribution in [0.2, 0.25) is 0 Å². The second-order valence-electron chi connectivity index (χ2n) is 3.10. The highest BCUT2D eigenvalue weighted by molar-refractivity contribution is 7.13. The first-order valence-electron chi connectivity index (χ1n) is 4.79. The third-order valence-electron chi connectivity index (χ3n) is 1.94. The molecule has 0 atom stereocenters. The van der Waals surface area contributed by atoms with Crippen molar-refractivity contribution >= 4 is 22.4 Å². The van der Waals surface area contributed by atoms with Crippen molar-refractivity contribution in [3.63, 3.8) is 0 Å². The summed E-state index contributed by atoms with van der Waals surface area (Å²) in [5.41, 5.74) is 5.86. The number of amides is 1. The van der Waals surface area contributed by atoms with E-state index >= 15 is 0 Å². The molecule has 0 aliphatic heterocycles. The third-order valence-corrected chi connectivity index (χ3v) is 2.62. The summed E-state index contributed by atoms with van der Waals surface area (Å²) in [6.07, 6.45) is 1.67. The average Bonchev–Trinajstić information content (AvgIpc) is 2.70. The van der Waals surface area contributed by atoms with Crippen LogP contribution in [0.25, 0.3) is 0 Å². The lowest BCUT2D eigenvalue weighted by Gasteiger charge is -2.19. The topological polar surface area (TPSA) is 68.5 Å². The van der Waals surface area contributed by atoms with E-state index in [-0.39, 0.29) is 5.91 Å². The van der Waals surface area contributed by atoms with Gasteiger partial charge in [0, 0.05) is 25.6 Å². The number of anilines is 1. The largest absolute Gasteiger partial charge is 0.383 e. The molecule has 88 valence electrons. The molecule has 2 N–H and O–H groups in total. The molecule has 0 radical (unpaired) electrons. The highest BCUT2D eigenvalue weighted by Crippen LogP contribution is 2.13. The number of nitrogens with two attached hydrogens (primary N) is 1. The first-order valence-corrected chi connectivity index (χ1v) is 5.67. The van der Waals surface area contributed by atoms with Gasteiger partial charge < -0.3 is 15.4 Å². The van der Waals surface area contributed by atoms with Gasteiger partial charge in [0.05, 0.1) is 6.61 Å². The van der Waals surface area contributed by atoms with Gasteiger partial charge in [-0.25, -0.2) is 4.98 Å². The van der Waals surface area contributed by atoms with Gasteiger partial charge in [0.1, 0.15) is 5.69 Å². The number of carbonyl (C=O) groups excluding carboxylic acids is 1. The summed E-state index contributed by atoms with van der Waals surface area (Å²) >= 11 is 1.25. The van der Waals surface area contributed by atoms with Crippen LogP contribution < -0.4 is 5.73 Å². The Bertz CT molecular complexity index is 365. The van der Waals surface area contributed by atoms with Gasteiger partial charge in [0.25, 0.3) is 5.91 Å². The van der Waals surface area contributed by atoms with E-state index in [9.17, 15) is 4.79 Å². The minimum absolute atomic E-state index is 0.148. The maximum absolute atomic E-state index is 12.0. The molecule has 0 spiro atoms. The molecule has 1 rings (SSSR count). The number of nitrogen functional groups attached to an aromatic ring is 1. The lowest BCUT2D eigenvalue weighted by molar-refractivity contribution is 0.0713. The number of methoxy groups -OCH3 is 1. The summed E-state index contributed by atoms with van der Waals surface area (Å²) in [6, 6.07) is 0. The number of thiazole rings is 1. The molecular formula is C10H15N3O2S. The predicted octanol–water partition coefficient (Wildman–Crippen LogP) is 1.000. The van der Waals surface area contributed by atoms with E-state index in [4.69, 9.17) is 10.5 Å². The second-order valence-corrected chi connectivity index (χ2v) is 3.99. The van der Waals surface area contributed by atoms with Crippen molar-refractivity contribution in [2.45, 2.75) is 0 Å². The number of aromatic nitrogens is 1. The molecular weight excluding hydrogens is 226 g/mol. The van der Waals surface area contributed by atoms with E-state index in [1.807, 2.05) is 0 Å². The molecule has 1 aromatic rings. The van der Waals surface area contributed by atoms with Gasteiger partial charge in [-0.1, -0.05) is 6.08 Å². The molecule has 1 amide bonds. The van der Waals surface area contributed by atoms with E-state index in [1.165, 1.54) is 11.3 Å². The van der Waals surface area contributed by atoms with Gasteiger partial charge in [-0.05, 0) is 0 Å². The van der Waals surface area contributed by atoms with E-state index in [1.54, 1.807) is 23.5 Å². The van der Waals surface area contributed by atoms with Crippen LogP contribution in [0.5, 0.6) is 0 Å². The summed E-state index contributed by atoms with van der Waals surface area (Å²) in [5, 5.41) is 2.05. The van der Waals surface area contributed by atoms with Gasteiger partial charge in [-0.2, -0.15) is 0 Å². The fourth-order valence-electron chi connectivity index (χ4n) is 1.18. The summed E-state index contributed by atoms with van der Waals surface area (Å²) in [4.78, 5) is 17.5. The summed E-state index contributed by atoms with van der Waals surface area (Å²) in [7, 11) is 1.59. The Labute approximate surface area is 98.5 Å². The van der Waals surface area contributed by atoms with Crippen LogP contribution >= 0.6 is 11.3 Å². The number of ether oxygens (including phenoxy) is 1. The van der Waals surface area contributed by atoms with Crippen LogP contribution in [0.15, 0.2) is 18.0 Å². The molecule has 5 nitrogen and oxygen atoms in total. The smallest absolute Gasteiger partial charge is 0.273 e. The van der Waals surface area contributed by atoms with E-state index in [0.29, 0.717) is 30.5 Å². The molecule has 0 fully saturated rings. The number of carbonyl (C=O) groups is 1. The molecule has 16 heavy (non-hydrogen) atoms. The molecule has 0 saturated carbocycles. The van der Waals surface area contributed by atoms with E-state index in [2.05, 4.69) is 11.6 Å². The van der Waals surface area contributed by atoms with Crippen LogP contribution in [-0.2, 0) is 4.74 Å². The Morgan fingerprint density at radius 2 is 2.56 bits per heavy atom. The van der Waals surface area contributed by atoms with Gasteiger partial charge in [0.2, 0.25) is 0 Å². The molecule has 6 heteroatoms. The predicted molar refractivity (Wildman–Crippen MR) is 64.5 cm³/mol. The van der Waals surface area contributed by atoms with Crippen molar-refractivity contribution in [3.05, 3.63) is 23.7 Å². The number of nitrogens with zero attached hydrogens (tertiary/aromatic N) is 2. The molecule has 0 bridgehead atoms. The fraction of sp³-hybridized carbons (Fsp3) is 0.400. The SMILES string of the molecule is C=CCN(CCOC)C(=O)c1csc(N)n1. The lowest BCUT2D eigenvalue weighted by Crippen LogP contribution is -2.34. The Hall–Kier alpha value is -1.40. The van der Waals surface area contributed by atoms with Crippen molar-refractivity contribution in [1.29, 1.82) is 0 Å². The maximum Gasteiger partial charge on any atom is 0.273 e. The zero-order valence-electron chi connectivity index (χ0n) is 9.18. The van der Waals surface area contributed by atoms with Gasteiger partial charge >= 0.3 is 0 Å². The second kappa shape index (κ2) is 6.24. The highest BCUT2D eigenvalue weighted by Gasteiger charge is 2.16. The molecule has 0 aliphatic rings. The zero-order chi connectivity index (χ0) is 12.0. The quantitative estimate of drug-likeness (QED) is 0.754. The Balaban J connectivity index is 2.69. The lowest BCUT2D eigenvalue weighted by atomic mass is 10.3. The summed E-state index contributed by atoms with van der Waals surface area (Å²) in [6.45, 7) is 5.08. The summed E-state index contributed by atoms with van der Waals surface area (Å²) in [5.74, 6) is -0.148. The minimum Gasteiger partial charge on any atom is -0.383 e. The zero-order valence-corrected chi connectivity index (χ0v) is 10.00. The molecule has 1 aromatic heterocycles. The molecule has 0 aliphatic carbocycles. The van der Waals surface area contributed by atoms with Crippen LogP contribution in [0.4, 0.5) is 5.13 Å². The van der Waals surface area contributed by atoms with Crippen molar-refractivity contribution in [2.75, 3.05) is 32.5 Å². The highest BCUT2D eigenvalue weighted by atomic mass is 32.1. The normalized spacial score (nSPS) is 10.1. The third kappa shape index (κ3) is 3.32. The van der Waals surface area contributed by atoms with Crippen LogP contribution in [0.3, 0.4) is 0 Å². The standard InChI is InChI=1S/C10H15N3O2S/c1-3-4-13(5-6-15-2)9(14)8-7-16-10(11)12-8/h3,7H,1,4-6H2,2H3,(H2,11,12). The number of hydrogen-bond donors (Lipinski definition) is 1. The van der Waals surface area contributed by atoms with Gasteiger partial charge in [0.15, 0.2) is 5.13 Å². The first kappa shape index (κ1) is 12.7. The Morgan fingerprint density at radius 3 is 3.06 bits per heavy atom. The average molecular weight is 241 g/mol. The number of hydrogen-bond acceptors (Lipinski definition) is 5.